The van der Waals surface area contributed by atoms with E-state index in [1.54, 1.807) is 12.1 Å². The van der Waals surface area contributed by atoms with E-state index in [9.17, 15) is 9.59 Å². The topological polar surface area (TPSA) is 71.3 Å². The second kappa shape index (κ2) is 5.06. The SMILES string of the molecule is CC(=O)NCC(=O)NCc1ccco1. The van der Waals surface area contributed by atoms with Gasteiger partial charge in [0, 0.05) is 6.92 Å². The summed E-state index contributed by atoms with van der Waals surface area (Å²) in [7, 11) is 0. The Balaban J connectivity index is 2.18. The number of carbonyl (C=O) groups is 2. The highest BCUT2D eigenvalue weighted by Gasteiger charge is 2.02. The summed E-state index contributed by atoms with van der Waals surface area (Å²) in [6.07, 6.45) is 1.54. The molecule has 76 valence electrons. The molecular formula is C9H12N2O3. The van der Waals surface area contributed by atoms with E-state index in [2.05, 4.69) is 10.6 Å². The maximum absolute atomic E-state index is 11.1. The molecule has 0 unspecified atom stereocenters. The molecule has 1 aromatic rings. The molecule has 0 aliphatic heterocycles. The Morgan fingerprint density at radius 1 is 1.43 bits per heavy atom. The predicted octanol–water partition coefficient (Wildman–Crippen LogP) is 0.0319. The van der Waals surface area contributed by atoms with Gasteiger partial charge in [0.05, 0.1) is 19.4 Å². The average Bonchev–Trinajstić information content (AvgIpc) is 2.63. The normalized spacial score (nSPS) is 9.50. The summed E-state index contributed by atoms with van der Waals surface area (Å²) in [4.78, 5) is 21.5. The maximum Gasteiger partial charge on any atom is 0.239 e. The summed E-state index contributed by atoms with van der Waals surface area (Å²) in [6, 6.07) is 3.51. The van der Waals surface area contributed by atoms with E-state index >= 15 is 0 Å². The largest absolute Gasteiger partial charge is 0.467 e. The Morgan fingerprint density at radius 2 is 2.21 bits per heavy atom. The lowest BCUT2D eigenvalue weighted by molar-refractivity contribution is -0.125. The number of carbonyl (C=O) groups excluding carboxylic acids is 2. The molecular weight excluding hydrogens is 184 g/mol. The number of hydrogen-bond acceptors (Lipinski definition) is 3. The summed E-state index contributed by atoms with van der Waals surface area (Å²) >= 11 is 0. The lowest BCUT2D eigenvalue weighted by Gasteiger charge is -2.03. The van der Waals surface area contributed by atoms with Crippen LogP contribution in [0.5, 0.6) is 0 Å². The summed E-state index contributed by atoms with van der Waals surface area (Å²) in [5, 5.41) is 4.99. The quantitative estimate of drug-likeness (QED) is 0.713. The number of nitrogens with one attached hydrogen (secondary N) is 2. The van der Waals surface area contributed by atoms with Gasteiger partial charge in [-0.15, -0.1) is 0 Å². The summed E-state index contributed by atoms with van der Waals surface area (Å²) in [5.74, 6) is 0.218. The molecule has 0 aromatic carbocycles. The number of hydrogen-bond donors (Lipinski definition) is 2. The van der Waals surface area contributed by atoms with Crippen molar-refractivity contribution in [1.29, 1.82) is 0 Å². The maximum atomic E-state index is 11.1. The second-order valence-corrected chi connectivity index (χ2v) is 2.77. The average molecular weight is 196 g/mol. The van der Waals surface area contributed by atoms with Crippen LogP contribution < -0.4 is 10.6 Å². The zero-order valence-corrected chi connectivity index (χ0v) is 7.87. The monoisotopic (exact) mass is 196 g/mol. The van der Waals surface area contributed by atoms with Crippen LogP contribution in [-0.2, 0) is 16.1 Å². The smallest absolute Gasteiger partial charge is 0.239 e. The highest BCUT2D eigenvalue weighted by atomic mass is 16.3. The van der Waals surface area contributed by atoms with E-state index in [-0.39, 0.29) is 18.4 Å². The molecule has 0 radical (unpaired) electrons. The van der Waals surface area contributed by atoms with Crippen molar-refractivity contribution in [1.82, 2.24) is 10.6 Å². The highest BCUT2D eigenvalue weighted by Crippen LogP contribution is 1.97. The molecule has 0 atom stereocenters. The van der Waals surface area contributed by atoms with E-state index in [0.29, 0.717) is 12.3 Å². The van der Waals surface area contributed by atoms with E-state index in [1.807, 2.05) is 0 Å². The van der Waals surface area contributed by atoms with Crippen LogP contribution in [0.4, 0.5) is 0 Å². The third-order valence-electron chi connectivity index (χ3n) is 1.54. The van der Waals surface area contributed by atoms with Gasteiger partial charge < -0.3 is 15.1 Å². The molecule has 14 heavy (non-hydrogen) atoms. The number of amides is 2. The molecule has 1 aromatic heterocycles. The third-order valence-corrected chi connectivity index (χ3v) is 1.54. The Hall–Kier alpha value is -1.78. The summed E-state index contributed by atoms with van der Waals surface area (Å²) in [6.45, 7) is 1.70. The molecule has 5 heteroatoms. The minimum atomic E-state index is -0.239. The predicted molar refractivity (Wildman–Crippen MR) is 49.2 cm³/mol. The zero-order valence-electron chi connectivity index (χ0n) is 7.87. The van der Waals surface area contributed by atoms with Gasteiger partial charge in [-0.1, -0.05) is 0 Å². The molecule has 5 nitrogen and oxygen atoms in total. The van der Waals surface area contributed by atoms with Crippen LogP contribution in [0.2, 0.25) is 0 Å². The van der Waals surface area contributed by atoms with Gasteiger partial charge in [0.15, 0.2) is 0 Å². The fraction of sp³-hybridized carbons (Fsp3) is 0.333. The molecule has 0 saturated carbocycles. The van der Waals surface area contributed by atoms with Crippen LogP contribution in [0.3, 0.4) is 0 Å². The molecule has 0 saturated heterocycles. The van der Waals surface area contributed by atoms with Crippen molar-refractivity contribution in [3.05, 3.63) is 24.2 Å². The van der Waals surface area contributed by atoms with E-state index < -0.39 is 0 Å². The summed E-state index contributed by atoms with van der Waals surface area (Å²) < 4.78 is 5.01. The Kier molecular flexibility index (Phi) is 3.72. The Bertz CT molecular complexity index is 306. The molecule has 2 N–H and O–H groups in total. The van der Waals surface area contributed by atoms with Gasteiger partial charge in [0.2, 0.25) is 11.8 Å². The fourth-order valence-electron chi connectivity index (χ4n) is 0.866. The highest BCUT2D eigenvalue weighted by molar-refractivity contribution is 5.83. The zero-order chi connectivity index (χ0) is 10.4. The molecule has 0 spiro atoms. The molecule has 0 aliphatic carbocycles. The minimum Gasteiger partial charge on any atom is -0.467 e. The summed E-state index contributed by atoms with van der Waals surface area (Å²) in [5.41, 5.74) is 0. The number of furan rings is 1. The first kappa shape index (κ1) is 10.3. The first-order valence-corrected chi connectivity index (χ1v) is 4.22. The van der Waals surface area contributed by atoms with Gasteiger partial charge >= 0.3 is 0 Å². The molecule has 2 amide bonds. The standard InChI is InChI=1S/C9H12N2O3/c1-7(12)10-6-9(13)11-5-8-3-2-4-14-8/h2-4H,5-6H2,1H3,(H,10,12)(H,11,13). The van der Waals surface area contributed by atoms with Gasteiger partial charge in [0.25, 0.3) is 0 Å². The van der Waals surface area contributed by atoms with Gasteiger partial charge in [-0.2, -0.15) is 0 Å². The Labute approximate surface area is 81.5 Å². The second-order valence-electron chi connectivity index (χ2n) is 2.77. The lowest BCUT2D eigenvalue weighted by Crippen LogP contribution is -2.35. The molecule has 0 fully saturated rings. The van der Waals surface area contributed by atoms with Crippen LogP contribution in [0.1, 0.15) is 12.7 Å². The lowest BCUT2D eigenvalue weighted by atomic mass is 10.4. The van der Waals surface area contributed by atoms with E-state index in [0.717, 1.165) is 0 Å². The van der Waals surface area contributed by atoms with E-state index in [1.165, 1.54) is 13.2 Å². The molecule has 0 aliphatic rings. The van der Waals surface area contributed by atoms with Gasteiger partial charge in [-0.25, -0.2) is 0 Å². The third kappa shape index (κ3) is 3.75. The van der Waals surface area contributed by atoms with Crippen molar-refractivity contribution in [2.24, 2.45) is 0 Å². The number of rotatable bonds is 4. The first-order chi connectivity index (χ1) is 6.68. The van der Waals surface area contributed by atoms with Crippen LogP contribution >= 0.6 is 0 Å². The molecule has 0 bridgehead atoms. The van der Waals surface area contributed by atoms with Crippen molar-refractivity contribution in [2.45, 2.75) is 13.5 Å². The fourth-order valence-corrected chi connectivity index (χ4v) is 0.866. The van der Waals surface area contributed by atoms with Crippen molar-refractivity contribution < 1.29 is 14.0 Å². The minimum absolute atomic E-state index is 0.00393. The van der Waals surface area contributed by atoms with Crippen molar-refractivity contribution >= 4 is 11.8 Å². The molecule has 1 heterocycles. The van der Waals surface area contributed by atoms with Gasteiger partial charge in [-0.3, -0.25) is 9.59 Å². The van der Waals surface area contributed by atoms with Crippen molar-refractivity contribution in [3.63, 3.8) is 0 Å². The van der Waals surface area contributed by atoms with Gasteiger partial charge in [0.1, 0.15) is 5.76 Å². The van der Waals surface area contributed by atoms with Crippen LogP contribution in [0.25, 0.3) is 0 Å². The van der Waals surface area contributed by atoms with Crippen LogP contribution in [-0.4, -0.2) is 18.4 Å². The first-order valence-electron chi connectivity index (χ1n) is 4.22. The van der Waals surface area contributed by atoms with Crippen LogP contribution in [0, 0.1) is 0 Å². The van der Waals surface area contributed by atoms with Crippen LogP contribution in [0.15, 0.2) is 22.8 Å². The molecule has 1 rings (SSSR count). The van der Waals surface area contributed by atoms with Gasteiger partial charge in [-0.05, 0) is 12.1 Å². The van der Waals surface area contributed by atoms with Crippen molar-refractivity contribution in [2.75, 3.05) is 6.54 Å². The van der Waals surface area contributed by atoms with Crippen molar-refractivity contribution in [3.8, 4) is 0 Å². The Morgan fingerprint density at radius 3 is 2.79 bits per heavy atom. The van der Waals surface area contributed by atoms with E-state index in [4.69, 9.17) is 4.42 Å².